The molecule has 0 aromatic heterocycles. The fraction of sp³-hybridized carbons (Fsp3) is 0.846. The third-order valence-electron chi connectivity index (χ3n) is 3.07. The summed E-state index contributed by atoms with van der Waals surface area (Å²) in [7, 11) is 0. The maximum Gasteiger partial charge on any atom is 0.0255 e. The Morgan fingerprint density at radius 2 is 1.64 bits per heavy atom. The van der Waals surface area contributed by atoms with Crippen LogP contribution in [0.3, 0.4) is 0 Å². The lowest BCUT2D eigenvalue weighted by Crippen LogP contribution is -2.30. The minimum absolute atomic E-state index is 0.706. The molecule has 1 N–H and O–H groups in total. The van der Waals surface area contributed by atoms with Gasteiger partial charge >= 0.3 is 0 Å². The summed E-state index contributed by atoms with van der Waals surface area (Å²) in [5.41, 5.74) is 0. The van der Waals surface area contributed by atoms with Crippen LogP contribution < -0.4 is 5.32 Å². The van der Waals surface area contributed by atoms with Crippen LogP contribution in [0.4, 0.5) is 0 Å². The van der Waals surface area contributed by atoms with Crippen LogP contribution in [-0.2, 0) is 0 Å². The first-order valence-electron chi connectivity index (χ1n) is 6.11. The van der Waals surface area contributed by atoms with Gasteiger partial charge in [-0.15, -0.1) is 0 Å². The van der Waals surface area contributed by atoms with Crippen molar-refractivity contribution in [3.63, 3.8) is 0 Å². The monoisotopic (exact) mass is 197 g/mol. The van der Waals surface area contributed by atoms with Crippen LogP contribution in [-0.4, -0.2) is 6.04 Å². The highest BCUT2D eigenvalue weighted by Crippen LogP contribution is 2.29. The summed E-state index contributed by atoms with van der Waals surface area (Å²) in [6.45, 7) is 12.4. The summed E-state index contributed by atoms with van der Waals surface area (Å²) in [5, 5.41) is 3.31. The Bertz CT molecular complexity index is 132. The van der Waals surface area contributed by atoms with Gasteiger partial charge in [0.2, 0.25) is 0 Å². The third-order valence-corrected chi connectivity index (χ3v) is 3.07. The Labute approximate surface area is 90.0 Å². The molecule has 0 aromatic carbocycles. The molecule has 0 atom stereocenters. The molecule has 0 aromatic rings. The Kier molecular flexibility index (Phi) is 7.64. The molecule has 0 radical (unpaired) electrons. The normalized spacial score (nSPS) is 26.4. The second-order valence-electron chi connectivity index (χ2n) is 4.23. The summed E-state index contributed by atoms with van der Waals surface area (Å²) < 4.78 is 0. The Hall–Kier alpha value is -0.460. The van der Waals surface area contributed by atoms with Crippen LogP contribution in [0.1, 0.15) is 53.4 Å². The predicted octanol–water partition coefficient (Wildman–Crippen LogP) is 3.96. The molecular formula is C13H27N. The Balaban J connectivity index is 0.000000791. The number of hydrogen-bond donors (Lipinski definition) is 1. The topological polar surface area (TPSA) is 12.0 Å². The van der Waals surface area contributed by atoms with E-state index in [1.807, 2.05) is 20.0 Å². The fourth-order valence-corrected chi connectivity index (χ4v) is 2.12. The summed E-state index contributed by atoms with van der Waals surface area (Å²) >= 11 is 0. The van der Waals surface area contributed by atoms with E-state index < -0.39 is 0 Å². The van der Waals surface area contributed by atoms with Crippen molar-refractivity contribution >= 4 is 0 Å². The molecule has 0 bridgehead atoms. The van der Waals surface area contributed by atoms with Crippen molar-refractivity contribution in [3.8, 4) is 0 Å². The zero-order valence-electron chi connectivity index (χ0n) is 10.3. The lowest BCUT2D eigenvalue weighted by Gasteiger charge is -2.30. The highest BCUT2D eigenvalue weighted by molar-refractivity contribution is 4.81. The van der Waals surface area contributed by atoms with Crippen molar-refractivity contribution in [2.45, 2.75) is 59.4 Å². The molecule has 0 spiro atoms. The molecule has 1 aliphatic rings. The van der Waals surface area contributed by atoms with E-state index in [4.69, 9.17) is 0 Å². The molecule has 1 saturated carbocycles. The van der Waals surface area contributed by atoms with Gasteiger partial charge in [-0.1, -0.05) is 34.3 Å². The molecule has 84 valence electrons. The second-order valence-corrected chi connectivity index (χ2v) is 4.23. The highest BCUT2D eigenvalue weighted by Gasteiger charge is 2.21. The van der Waals surface area contributed by atoms with Crippen LogP contribution in [0.5, 0.6) is 0 Å². The molecule has 0 saturated heterocycles. The summed E-state index contributed by atoms with van der Waals surface area (Å²) in [6, 6.07) is 0.706. The van der Waals surface area contributed by atoms with Crippen molar-refractivity contribution < 1.29 is 0 Å². The lowest BCUT2D eigenvalue weighted by atomic mass is 9.80. The number of hydrogen-bond acceptors (Lipinski definition) is 1. The van der Waals surface area contributed by atoms with Crippen molar-refractivity contribution in [2.24, 2.45) is 11.8 Å². The van der Waals surface area contributed by atoms with Crippen molar-refractivity contribution in [2.75, 3.05) is 0 Å². The molecule has 0 aliphatic heterocycles. The van der Waals surface area contributed by atoms with Gasteiger partial charge in [0.25, 0.3) is 0 Å². The summed E-state index contributed by atoms with van der Waals surface area (Å²) in [6.07, 6.45) is 7.27. The van der Waals surface area contributed by atoms with Crippen molar-refractivity contribution in [1.29, 1.82) is 0 Å². The Morgan fingerprint density at radius 3 is 2.00 bits per heavy atom. The van der Waals surface area contributed by atoms with Gasteiger partial charge in [-0.25, -0.2) is 0 Å². The third kappa shape index (κ3) is 4.69. The van der Waals surface area contributed by atoms with Crippen LogP contribution in [0.25, 0.3) is 0 Å². The van der Waals surface area contributed by atoms with Crippen LogP contribution in [0.15, 0.2) is 12.8 Å². The molecule has 1 rings (SSSR count). The average molecular weight is 197 g/mol. The standard InChI is InChI=1S/C11H21N.C2H6/c1-4-12-11-7-5-10(6-8-11)9(2)3;1-2/h4,9-12H,1,5-8H2,2-3H3;1-2H3. The van der Waals surface area contributed by atoms with Gasteiger partial charge in [0, 0.05) is 6.04 Å². The van der Waals surface area contributed by atoms with Crippen LogP contribution >= 0.6 is 0 Å². The smallest absolute Gasteiger partial charge is 0.0255 e. The molecule has 1 nitrogen and oxygen atoms in total. The van der Waals surface area contributed by atoms with Gasteiger partial charge in [-0.05, 0) is 43.7 Å². The van der Waals surface area contributed by atoms with Crippen LogP contribution in [0.2, 0.25) is 0 Å². The maximum absolute atomic E-state index is 3.70. The van der Waals surface area contributed by atoms with Crippen LogP contribution in [0, 0.1) is 11.8 Å². The zero-order chi connectivity index (χ0) is 11.0. The van der Waals surface area contributed by atoms with E-state index in [0.717, 1.165) is 11.8 Å². The van der Waals surface area contributed by atoms with Gasteiger partial charge in [-0.3, -0.25) is 0 Å². The molecule has 0 amide bonds. The van der Waals surface area contributed by atoms with E-state index in [9.17, 15) is 0 Å². The SMILES string of the molecule is C=CNC1CCC(C(C)C)CC1.CC. The summed E-state index contributed by atoms with van der Waals surface area (Å²) in [4.78, 5) is 0. The van der Waals surface area contributed by atoms with E-state index in [0.29, 0.717) is 6.04 Å². The van der Waals surface area contributed by atoms with Gasteiger partial charge < -0.3 is 5.32 Å². The lowest BCUT2D eigenvalue weighted by molar-refractivity contribution is 0.248. The van der Waals surface area contributed by atoms with Crippen molar-refractivity contribution in [3.05, 3.63) is 12.8 Å². The number of rotatable bonds is 3. The van der Waals surface area contributed by atoms with Gasteiger partial charge in [0.1, 0.15) is 0 Å². The van der Waals surface area contributed by atoms with E-state index in [1.54, 1.807) is 0 Å². The van der Waals surface area contributed by atoms with Crippen molar-refractivity contribution in [1.82, 2.24) is 5.32 Å². The molecule has 0 unspecified atom stereocenters. The minimum atomic E-state index is 0.706. The molecule has 1 heteroatoms. The fourth-order valence-electron chi connectivity index (χ4n) is 2.12. The first-order valence-corrected chi connectivity index (χ1v) is 6.11. The molecule has 14 heavy (non-hydrogen) atoms. The van der Waals surface area contributed by atoms with E-state index in [-0.39, 0.29) is 0 Å². The molecule has 0 heterocycles. The van der Waals surface area contributed by atoms with E-state index >= 15 is 0 Å². The number of nitrogens with one attached hydrogen (secondary N) is 1. The quantitative estimate of drug-likeness (QED) is 0.722. The average Bonchev–Trinajstić information content (AvgIpc) is 2.22. The zero-order valence-corrected chi connectivity index (χ0v) is 10.3. The first kappa shape index (κ1) is 13.5. The maximum atomic E-state index is 3.70. The summed E-state index contributed by atoms with van der Waals surface area (Å²) in [5.74, 6) is 1.84. The first-order chi connectivity index (χ1) is 6.74. The highest BCUT2D eigenvalue weighted by atomic mass is 14.9. The van der Waals surface area contributed by atoms with Gasteiger partial charge in [0.05, 0.1) is 0 Å². The predicted molar refractivity (Wildman–Crippen MR) is 65.3 cm³/mol. The van der Waals surface area contributed by atoms with E-state index in [1.165, 1.54) is 25.7 Å². The molecule has 1 fully saturated rings. The van der Waals surface area contributed by atoms with Gasteiger partial charge in [-0.2, -0.15) is 0 Å². The second kappa shape index (κ2) is 7.90. The van der Waals surface area contributed by atoms with Gasteiger partial charge in [0.15, 0.2) is 0 Å². The van der Waals surface area contributed by atoms with E-state index in [2.05, 4.69) is 25.7 Å². The largest absolute Gasteiger partial charge is 0.389 e. The Morgan fingerprint density at radius 1 is 1.14 bits per heavy atom. The minimum Gasteiger partial charge on any atom is -0.389 e. The molecular weight excluding hydrogens is 170 g/mol. The molecule has 1 aliphatic carbocycles.